The zero-order chi connectivity index (χ0) is 14.3. The van der Waals surface area contributed by atoms with Crippen molar-refractivity contribution in [2.75, 3.05) is 13.2 Å². The molecule has 0 bridgehead atoms. The monoisotopic (exact) mass is 289 g/mol. The Kier molecular flexibility index (Phi) is 5.71. The van der Waals surface area contributed by atoms with Crippen LogP contribution in [0.2, 0.25) is 0 Å². The summed E-state index contributed by atoms with van der Waals surface area (Å²) in [5.41, 5.74) is 0.955. The van der Waals surface area contributed by atoms with E-state index in [0.29, 0.717) is 12.8 Å². The van der Waals surface area contributed by atoms with E-state index in [1.807, 2.05) is 6.92 Å². The molecule has 0 unspecified atom stereocenters. The van der Waals surface area contributed by atoms with Crippen LogP contribution in [0.15, 0.2) is 29.2 Å². The van der Waals surface area contributed by atoms with E-state index < -0.39 is 15.2 Å². The predicted octanol–water partition coefficient (Wildman–Crippen LogP) is 1.69. The van der Waals surface area contributed by atoms with E-state index in [2.05, 4.69) is 4.84 Å². The molecule has 0 saturated carbocycles. The highest BCUT2D eigenvalue weighted by Crippen LogP contribution is 2.13. The molecule has 0 aliphatic heterocycles. The molecule has 0 radical (unpaired) electrons. The molecule has 0 atom stereocenters. The molecule has 1 aromatic carbocycles. The molecule has 8 heteroatoms. The lowest BCUT2D eigenvalue weighted by Gasteiger charge is -2.05. The van der Waals surface area contributed by atoms with Crippen molar-refractivity contribution < 1.29 is 22.5 Å². The number of hydrogen-bond donors (Lipinski definition) is 0. The van der Waals surface area contributed by atoms with E-state index in [1.165, 1.54) is 12.1 Å². The number of hydrogen-bond acceptors (Lipinski definition) is 6. The Bertz CT molecular complexity index is 510. The summed E-state index contributed by atoms with van der Waals surface area (Å²) >= 11 is 0. The van der Waals surface area contributed by atoms with Gasteiger partial charge in [0.15, 0.2) is 0 Å². The largest absolute Gasteiger partial charge is 0.314 e. The van der Waals surface area contributed by atoms with Crippen molar-refractivity contribution >= 4 is 10.1 Å². The van der Waals surface area contributed by atoms with E-state index in [9.17, 15) is 18.5 Å². The number of nitrogens with zero attached hydrogens (tertiary/aromatic N) is 1. The molecule has 106 valence electrons. The first-order chi connectivity index (χ1) is 8.92. The van der Waals surface area contributed by atoms with Crippen molar-refractivity contribution in [1.82, 2.24) is 0 Å². The zero-order valence-electron chi connectivity index (χ0n) is 10.4. The summed E-state index contributed by atoms with van der Waals surface area (Å²) < 4.78 is 28.3. The highest BCUT2D eigenvalue weighted by Gasteiger charge is 2.14. The normalized spacial score (nSPS) is 11.2. The van der Waals surface area contributed by atoms with E-state index in [4.69, 9.17) is 4.18 Å². The quantitative estimate of drug-likeness (QED) is 0.313. The number of rotatable bonds is 8. The fourth-order valence-electron chi connectivity index (χ4n) is 1.28. The van der Waals surface area contributed by atoms with Crippen LogP contribution >= 0.6 is 0 Å². The van der Waals surface area contributed by atoms with Crippen molar-refractivity contribution in [3.8, 4) is 0 Å². The van der Waals surface area contributed by atoms with Gasteiger partial charge in [-0.15, -0.1) is 10.1 Å². The van der Waals surface area contributed by atoms with Crippen LogP contribution in [0.3, 0.4) is 0 Å². The second-order valence-electron chi connectivity index (χ2n) is 3.85. The maximum Gasteiger partial charge on any atom is 0.296 e. The number of aryl methyl sites for hydroxylation is 1. The molecule has 0 aromatic heterocycles. The summed E-state index contributed by atoms with van der Waals surface area (Å²) in [4.78, 5) is 14.0. The van der Waals surface area contributed by atoms with Gasteiger partial charge in [0.2, 0.25) is 0 Å². The molecule has 0 saturated heterocycles. The van der Waals surface area contributed by atoms with Gasteiger partial charge in [0.1, 0.15) is 0 Å². The Balaban J connectivity index is 2.35. The van der Waals surface area contributed by atoms with Gasteiger partial charge >= 0.3 is 0 Å². The Morgan fingerprint density at radius 3 is 2.32 bits per heavy atom. The van der Waals surface area contributed by atoms with Crippen LogP contribution in [-0.2, 0) is 19.1 Å². The molecule has 0 spiro atoms. The number of benzene rings is 1. The first-order valence-corrected chi connectivity index (χ1v) is 7.06. The van der Waals surface area contributed by atoms with E-state index in [-0.39, 0.29) is 18.1 Å². The van der Waals surface area contributed by atoms with Gasteiger partial charge in [-0.3, -0.25) is 4.18 Å². The lowest BCUT2D eigenvalue weighted by atomic mass is 10.2. The molecule has 0 aliphatic rings. The first-order valence-electron chi connectivity index (χ1n) is 5.65. The Labute approximate surface area is 111 Å². The van der Waals surface area contributed by atoms with Gasteiger partial charge in [-0.2, -0.15) is 8.42 Å². The molecule has 0 heterocycles. The van der Waals surface area contributed by atoms with Crippen molar-refractivity contribution in [1.29, 1.82) is 0 Å². The van der Waals surface area contributed by atoms with Crippen LogP contribution in [0.1, 0.15) is 18.4 Å². The van der Waals surface area contributed by atoms with Gasteiger partial charge < -0.3 is 4.84 Å². The summed E-state index contributed by atoms with van der Waals surface area (Å²) in [7, 11) is -3.76. The summed E-state index contributed by atoms with van der Waals surface area (Å²) in [6, 6.07) is 6.31. The van der Waals surface area contributed by atoms with Gasteiger partial charge in [-0.1, -0.05) is 17.7 Å². The molecule has 19 heavy (non-hydrogen) atoms. The maximum atomic E-state index is 11.7. The minimum Gasteiger partial charge on any atom is -0.314 e. The SMILES string of the molecule is Cc1ccc(S(=O)(=O)OCCCCO[N+](=O)[O-])cc1. The second kappa shape index (κ2) is 7.05. The number of unbranched alkanes of at least 4 members (excludes halogenated alkanes) is 1. The second-order valence-corrected chi connectivity index (χ2v) is 5.47. The lowest BCUT2D eigenvalue weighted by Crippen LogP contribution is -2.09. The Morgan fingerprint density at radius 2 is 1.74 bits per heavy atom. The highest BCUT2D eigenvalue weighted by molar-refractivity contribution is 7.86. The third kappa shape index (κ3) is 5.66. The van der Waals surface area contributed by atoms with Crippen LogP contribution in [0.5, 0.6) is 0 Å². The standard InChI is InChI=1S/C11H15NO6S/c1-10-4-6-11(7-5-10)19(15,16)18-9-3-2-8-17-12(13)14/h4-7H,2-3,8-9H2,1H3. The molecule has 1 aromatic rings. The molecule has 0 N–H and O–H groups in total. The van der Waals surface area contributed by atoms with E-state index >= 15 is 0 Å². The van der Waals surface area contributed by atoms with Gasteiger partial charge in [-0.25, -0.2) is 0 Å². The van der Waals surface area contributed by atoms with Crippen LogP contribution in [0.25, 0.3) is 0 Å². The van der Waals surface area contributed by atoms with Gasteiger partial charge in [-0.05, 0) is 31.9 Å². The van der Waals surface area contributed by atoms with Crippen LogP contribution in [0, 0.1) is 17.0 Å². The van der Waals surface area contributed by atoms with Crippen LogP contribution in [0.4, 0.5) is 0 Å². The van der Waals surface area contributed by atoms with Crippen molar-refractivity contribution in [3.63, 3.8) is 0 Å². The molecule has 1 rings (SSSR count). The topological polar surface area (TPSA) is 95.7 Å². The molecular weight excluding hydrogens is 274 g/mol. The van der Waals surface area contributed by atoms with Gasteiger partial charge in [0.05, 0.1) is 18.1 Å². The minimum atomic E-state index is -3.76. The maximum absolute atomic E-state index is 11.7. The van der Waals surface area contributed by atoms with Gasteiger partial charge in [0, 0.05) is 0 Å². The van der Waals surface area contributed by atoms with E-state index in [1.54, 1.807) is 12.1 Å². The fraction of sp³-hybridized carbons (Fsp3) is 0.455. The van der Waals surface area contributed by atoms with Crippen molar-refractivity contribution in [3.05, 3.63) is 39.9 Å². The van der Waals surface area contributed by atoms with E-state index in [0.717, 1.165) is 5.56 Å². The average molecular weight is 289 g/mol. The molecular formula is C11H15NO6S. The minimum absolute atomic E-state index is 0.0305. The van der Waals surface area contributed by atoms with Crippen molar-refractivity contribution in [2.45, 2.75) is 24.7 Å². The van der Waals surface area contributed by atoms with Crippen LogP contribution < -0.4 is 0 Å². The molecule has 0 amide bonds. The average Bonchev–Trinajstić information content (AvgIpc) is 2.34. The molecule has 0 aliphatic carbocycles. The summed E-state index contributed by atoms with van der Waals surface area (Å²) in [6.07, 6.45) is 0.712. The third-order valence-corrected chi connectivity index (χ3v) is 3.61. The highest BCUT2D eigenvalue weighted by atomic mass is 32.2. The zero-order valence-corrected chi connectivity index (χ0v) is 11.3. The summed E-state index contributed by atoms with van der Waals surface area (Å²) in [5.74, 6) is 0. The predicted molar refractivity (Wildman–Crippen MR) is 66.5 cm³/mol. The van der Waals surface area contributed by atoms with Crippen LogP contribution in [-0.4, -0.2) is 26.7 Å². The fourth-order valence-corrected chi connectivity index (χ4v) is 2.23. The molecule has 0 fully saturated rings. The smallest absolute Gasteiger partial charge is 0.296 e. The first kappa shape index (κ1) is 15.4. The summed E-state index contributed by atoms with van der Waals surface area (Å²) in [5, 5.41) is 8.97. The van der Waals surface area contributed by atoms with Crippen molar-refractivity contribution in [2.24, 2.45) is 0 Å². The summed E-state index contributed by atoms with van der Waals surface area (Å²) in [6.45, 7) is 1.75. The van der Waals surface area contributed by atoms with Gasteiger partial charge in [0.25, 0.3) is 15.2 Å². The lowest BCUT2D eigenvalue weighted by molar-refractivity contribution is -0.757. The molecule has 7 nitrogen and oxygen atoms in total. The third-order valence-electron chi connectivity index (χ3n) is 2.28. The Hall–Kier alpha value is -1.67. The Morgan fingerprint density at radius 1 is 1.16 bits per heavy atom.